The molecule has 1 aromatic heterocycles. The first-order valence-electron chi connectivity index (χ1n) is 11.7. The number of carbonyl (C=O) groups is 3. The van der Waals surface area contributed by atoms with Gasteiger partial charge in [-0.2, -0.15) is 0 Å². The number of aromatic amines is 1. The smallest absolute Gasteiger partial charge is 0.272 e. The number of anilines is 2. The lowest BCUT2D eigenvalue weighted by molar-refractivity contribution is -0.117. The number of hydrogen-bond acceptors (Lipinski definition) is 3. The molecule has 2 heterocycles. The Morgan fingerprint density at radius 1 is 1.06 bits per heavy atom. The zero-order valence-corrected chi connectivity index (χ0v) is 19.8. The highest BCUT2D eigenvalue weighted by Gasteiger charge is 2.35. The molecule has 1 aliphatic heterocycles. The quantitative estimate of drug-likeness (QED) is 0.589. The van der Waals surface area contributed by atoms with Gasteiger partial charge >= 0.3 is 0 Å². The lowest BCUT2D eigenvalue weighted by Gasteiger charge is -2.28. The van der Waals surface area contributed by atoms with E-state index in [-0.39, 0.29) is 23.0 Å². The molecule has 0 radical (unpaired) electrons. The van der Waals surface area contributed by atoms with E-state index >= 15 is 0 Å². The van der Waals surface area contributed by atoms with Crippen LogP contribution in [0.4, 0.5) is 11.4 Å². The molecule has 2 aromatic carbocycles. The first kappa shape index (κ1) is 22.1. The topological polar surface area (TPSA) is 82.3 Å². The molecule has 0 saturated carbocycles. The van der Waals surface area contributed by atoms with Crippen LogP contribution in [0.3, 0.4) is 0 Å². The fourth-order valence-electron chi connectivity index (χ4n) is 5.23. The number of benzene rings is 2. The van der Waals surface area contributed by atoms with Gasteiger partial charge in [-0.05, 0) is 60.1 Å². The molecule has 0 saturated heterocycles. The lowest BCUT2D eigenvalue weighted by atomic mass is 9.75. The molecular formula is C28H29N3O3. The third-order valence-corrected chi connectivity index (χ3v) is 6.88. The SMILES string of the molecule is Cc1c(C(=O)Nc2ccc(CC(=O)N3CCc4ccccc43)cc2)[nH]c2c1C(=O)CC(C)(C)C2. The summed E-state index contributed by atoms with van der Waals surface area (Å²) in [6, 6.07) is 15.4. The summed E-state index contributed by atoms with van der Waals surface area (Å²) in [5, 5.41) is 2.92. The Hall–Kier alpha value is -3.67. The standard InChI is InChI=1S/C28H29N3O3/c1-17-25-21(15-28(2,3)16-23(25)32)30-26(17)27(34)29-20-10-8-18(9-11-20)14-24(33)31-13-12-19-6-4-5-7-22(19)31/h4-11,30H,12-16H2,1-3H3,(H,29,34). The van der Waals surface area contributed by atoms with Gasteiger partial charge in [-0.15, -0.1) is 0 Å². The number of rotatable bonds is 4. The van der Waals surface area contributed by atoms with Crippen LogP contribution in [0.2, 0.25) is 0 Å². The summed E-state index contributed by atoms with van der Waals surface area (Å²) in [7, 11) is 0. The second-order valence-electron chi connectivity index (χ2n) is 10.2. The first-order chi connectivity index (χ1) is 16.2. The zero-order valence-electron chi connectivity index (χ0n) is 19.8. The number of nitrogens with one attached hydrogen (secondary N) is 2. The molecule has 6 heteroatoms. The van der Waals surface area contributed by atoms with Crippen LogP contribution in [0.1, 0.15) is 63.5 Å². The van der Waals surface area contributed by atoms with Crippen molar-refractivity contribution in [2.75, 3.05) is 16.8 Å². The van der Waals surface area contributed by atoms with E-state index < -0.39 is 0 Å². The van der Waals surface area contributed by atoms with Crippen molar-refractivity contribution in [3.05, 3.63) is 82.2 Å². The van der Waals surface area contributed by atoms with Crippen molar-refractivity contribution in [3.8, 4) is 0 Å². The average Bonchev–Trinajstić information content (AvgIpc) is 3.35. The Kier molecular flexibility index (Phi) is 5.39. The van der Waals surface area contributed by atoms with E-state index in [1.165, 1.54) is 5.56 Å². The van der Waals surface area contributed by atoms with E-state index in [1.54, 1.807) is 0 Å². The Balaban J connectivity index is 1.26. The molecule has 6 nitrogen and oxygen atoms in total. The Morgan fingerprint density at radius 3 is 2.56 bits per heavy atom. The van der Waals surface area contributed by atoms with Gasteiger partial charge in [0.25, 0.3) is 5.91 Å². The summed E-state index contributed by atoms with van der Waals surface area (Å²) < 4.78 is 0. The normalized spacial score (nSPS) is 16.2. The second-order valence-corrected chi connectivity index (χ2v) is 10.2. The monoisotopic (exact) mass is 455 g/mol. The van der Waals surface area contributed by atoms with E-state index in [1.807, 2.05) is 54.3 Å². The lowest BCUT2D eigenvalue weighted by Crippen LogP contribution is -2.30. The largest absolute Gasteiger partial charge is 0.354 e. The Morgan fingerprint density at radius 2 is 1.79 bits per heavy atom. The van der Waals surface area contributed by atoms with Gasteiger partial charge in [0.2, 0.25) is 5.91 Å². The molecule has 2 N–H and O–H groups in total. The van der Waals surface area contributed by atoms with E-state index in [2.05, 4.69) is 30.2 Å². The summed E-state index contributed by atoms with van der Waals surface area (Å²) in [4.78, 5) is 43.5. The Labute approximate surface area is 199 Å². The van der Waals surface area contributed by atoms with E-state index in [0.717, 1.165) is 29.8 Å². The van der Waals surface area contributed by atoms with Crippen molar-refractivity contribution < 1.29 is 14.4 Å². The molecule has 0 unspecified atom stereocenters. The summed E-state index contributed by atoms with van der Waals surface area (Å²) in [5.41, 5.74) is 6.30. The van der Waals surface area contributed by atoms with E-state index in [0.29, 0.717) is 41.9 Å². The molecule has 2 aliphatic rings. The van der Waals surface area contributed by atoms with Gasteiger partial charge in [-0.25, -0.2) is 0 Å². The predicted molar refractivity (Wildman–Crippen MR) is 133 cm³/mol. The van der Waals surface area contributed by atoms with Crippen LogP contribution in [0.15, 0.2) is 48.5 Å². The molecular weight excluding hydrogens is 426 g/mol. The van der Waals surface area contributed by atoms with Crippen LogP contribution in [0.5, 0.6) is 0 Å². The molecule has 174 valence electrons. The summed E-state index contributed by atoms with van der Waals surface area (Å²) in [6.45, 7) is 6.67. The molecule has 1 aliphatic carbocycles. The summed E-state index contributed by atoms with van der Waals surface area (Å²) in [6.07, 6.45) is 2.43. The van der Waals surface area contributed by atoms with Gasteiger partial charge in [-0.3, -0.25) is 14.4 Å². The van der Waals surface area contributed by atoms with Gasteiger partial charge in [0.05, 0.1) is 6.42 Å². The number of aromatic nitrogens is 1. The van der Waals surface area contributed by atoms with E-state index in [4.69, 9.17) is 0 Å². The van der Waals surface area contributed by atoms with Crippen LogP contribution in [0, 0.1) is 12.3 Å². The minimum absolute atomic E-state index is 0.0712. The van der Waals surface area contributed by atoms with Gasteiger partial charge < -0.3 is 15.2 Å². The number of Topliss-reactive ketones (excluding diaryl/α,β-unsaturated/α-hetero) is 1. The van der Waals surface area contributed by atoms with Crippen LogP contribution in [-0.2, 0) is 24.1 Å². The maximum absolute atomic E-state index is 13.0. The first-order valence-corrected chi connectivity index (χ1v) is 11.7. The predicted octanol–water partition coefficient (Wildman–Crippen LogP) is 4.86. The third kappa shape index (κ3) is 4.04. The van der Waals surface area contributed by atoms with Crippen molar-refractivity contribution in [1.82, 2.24) is 4.98 Å². The molecule has 34 heavy (non-hydrogen) atoms. The number of H-pyrrole nitrogens is 1. The van der Waals surface area contributed by atoms with Crippen molar-refractivity contribution in [2.24, 2.45) is 5.41 Å². The number of carbonyl (C=O) groups excluding carboxylic acids is 3. The maximum Gasteiger partial charge on any atom is 0.272 e. The average molecular weight is 456 g/mol. The molecule has 5 rings (SSSR count). The van der Waals surface area contributed by atoms with Crippen molar-refractivity contribution in [2.45, 2.75) is 46.5 Å². The number of para-hydroxylation sites is 1. The maximum atomic E-state index is 13.0. The molecule has 0 bridgehead atoms. The second kappa shape index (κ2) is 8.28. The molecule has 0 atom stereocenters. The summed E-state index contributed by atoms with van der Waals surface area (Å²) >= 11 is 0. The number of amides is 2. The zero-order chi connectivity index (χ0) is 24.0. The molecule has 0 fully saturated rings. The molecule has 3 aromatic rings. The van der Waals surface area contributed by atoms with Crippen LogP contribution >= 0.6 is 0 Å². The Bertz CT molecular complexity index is 1300. The summed E-state index contributed by atoms with van der Waals surface area (Å²) in [5.74, 6) is -0.106. The van der Waals surface area contributed by atoms with Crippen LogP contribution in [-0.4, -0.2) is 29.1 Å². The van der Waals surface area contributed by atoms with E-state index in [9.17, 15) is 14.4 Å². The van der Waals surface area contributed by atoms with Gasteiger partial charge in [0.1, 0.15) is 5.69 Å². The van der Waals surface area contributed by atoms with Gasteiger partial charge in [0.15, 0.2) is 5.78 Å². The van der Waals surface area contributed by atoms with Crippen LogP contribution in [0.25, 0.3) is 0 Å². The fourth-order valence-corrected chi connectivity index (χ4v) is 5.23. The van der Waals surface area contributed by atoms with Gasteiger partial charge in [-0.1, -0.05) is 44.2 Å². The highest BCUT2D eigenvalue weighted by molar-refractivity contribution is 6.08. The molecule has 0 spiro atoms. The van der Waals surface area contributed by atoms with Crippen molar-refractivity contribution >= 4 is 29.0 Å². The van der Waals surface area contributed by atoms with Crippen LogP contribution < -0.4 is 10.2 Å². The van der Waals surface area contributed by atoms with Crippen molar-refractivity contribution in [1.29, 1.82) is 0 Å². The number of ketones is 1. The minimum atomic E-state index is -0.269. The highest BCUT2D eigenvalue weighted by Crippen LogP contribution is 2.37. The molecule has 2 amide bonds. The highest BCUT2D eigenvalue weighted by atomic mass is 16.2. The number of fused-ring (bicyclic) bond motifs is 2. The number of nitrogens with zero attached hydrogens (tertiary/aromatic N) is 1. The fraction of sp³-hybridized carbons (Fsp3) is 0.321. The van der Waals surface area contributed by atoms with Gasteiger partial charge in [0, 0.05) is 35.6 Å². The third-order valence-electron chi connectivity index (χ3n) is 6.88. The van der Waals surface area contributed by atoms with Crippen molar-refractivity contribution in [3.63, 3.8) is 0 Å². The minimum Gasteiger partial charge on any atom is -0.354 e. The number of hydrogen-bond donors (Lipinski definition) is 2.